The third-order valence-electron chi connectivity index (χ3n) is 1.87. The summed E-state index contributed by atoms with van der Waals surface area (Å²) in [7, 11) is 0. The van der Waals surface area contributed by atoms with Crippen molar-refractivity contribution in [2.45, 2.75) is 6.92 Å². The van der Waals surface area contributed by atoms with Gasteiger partial charge < -0.3 is 0 Å². The molecule has 0 radical (unpaired) electrons. The highest BCUT2D eigenvalue weighted by Crippen LogP contribution is 2.26. The molecule has 0 aliphatic carbocycles. The lowest BCUT2D eigenvalue weighted by atomic mass is 10.1. The summed E-state index contributed by atoms with van der Waals surface area (Å²) in [4.78, 5) is 0. The van der Waals surface area contributed by atoms with E-state index in [1.165, 1.54) is 0 Å². The van der Waals surface area contributed by atoms with Gasteiger partial charge in [-0.05, 0) is 47.2 Å². The summed E-state index contributed by atoms with van der Waals surface area (Å²) in [5.74, 6) is 0. The van der Waals surface area contributed by atoms with Crippen LogP contribution in [0.3, 0.4) is 0 Å². The lowest BCUT2D eigenvalue weighted by Gasteiger charge is -1.97. The molecule has 1 heterocycles. The number of fused-ring (bicyclic) bond motifs is 1. The molecule has 0 atom stereocenters. The van der Waals surface area contributed by atoms with Crippen molar-refractivity contribution < 1.29 is 0 Å². The topological polar surface area (TPSA) is 28.7 Å². The van der Waals surface area contributed by atoms with Crippen molar-refractivity contribution in [3.05, 3.63) is 26.4 Å². The van der Waals surface area contributed by atoms with Crippen LogP contribution in [0.15, 0.2) is 12.1 Å². The maximum absolute atomic E-state index is 5.97. The summed E-state index contributed by atoms with van der Waals surface area (Å²) in [5, 5.41) is 8.97. The van der Waals surface area contributed by atoms with Crippen molar-refractivity contribution in [3.8, 4) is 0 Å². The molecule has 4 heteroatoms. The summed E-state index contributed by atoms with van der Waals surface area (Å²) in [6.45, 7) is 2.00. The van der Waals surface area contributed by atoms with E-state index < -0.39 is 0 Å². The van der Waals surface area contributed by atoms with Gasteiger partial charge in [-0.15, -0.1) is 0 Å². The molecule has 0 spiro atoms. The van der Waals surface area contributed by atoms with Crippen molar-refractivity contribution in [3.63, 3.8) is 0 Å². The van der Waals surface area contributed by atoms with Gasteiger partial charge in [-0.1, -0.05) is 11.6 Å². The van der Waals surface area contributed by atoms with E-state index in [1.54, 1.807) is 0 Å². The predicted molar refractivity (Wildman–Crippen MR) is 58.6 cm³/mol. The number of aryl methyl sites for hydroxylation is 1. The maximum Gasteiger partial charge on any atom is 0.104 e. The molecule has 1 aromatic heterocycles. The Hall–Kier alpha value is -0.290. The molecule has 1 N–H and O–H groups in total. The number of hydrogen-bond donors (Lipinski definition) is 1. The van der Waals surface area contributed by atoms with Crippen LogP contribution >= 0.6 is 34.2 Å². The third kappa shape index (κ3) is 1.11. The van der Waals surface area contributed by atoms with Crippen LogP contribution in [0.1, 0.15) is 5.56 Å². The second kappa shape index (κ2) is 2.88. The Labute approximate surface area is 88.4 Å². The quantitative estimate of drug-likeness (QED) is 0.743. The van der Waals surface area contributed by atoms with Gasteiger partial charge in [0.1, 0.15) is 3.70 Å². The number of H-pyrrole nitrogens is 1. The number of rotatable bonds is 0. The highest BCUT2D eigenvalue weighted by molar-refractivity contribution is 14.1. The number of benzene rings is 1. The van der Waals surface area contributed by atoms with E-state index >= 15 is 0 Å². The highest BCUT2D eigenvalue weighted by Gasteiger charge is 2.07. The van der Waals surface area contributed by atoms with Gasteiger partial charge in [-0.3, -0.25) is 5.10 Å². The number of aromatic nitrogens is 2. The van der Waals surface area contributed by atoms with Crippen molar-refractivity contribution in [2.75, 3.05) is 0 Å². The first-order chi connectivity index (χ1) is 5.70. The number of nitrogens with zero attached hydrogens (tertiary/aromatic N) is 1. The molecule has 0 fully saturated rings. The normalized spacial score (nSPS) is 10.9. The summed E-state index contributed by atoms with van der Waals surface area (Å²) in [5.41, 5.74) is 2.06. The zero-order chi connectivity index (χ0) is 8.72. The number of halogens is 2. The van der Waals surface area contributed by atoms with Crippen LogP contribution in [0.4, 0.5) is 0 Å². The predicted octanol–water partition coefficient (Wildman–Crippen LogP) is 3.13. The molecule has 2 aromatic rings. The summed E-state index contributed by atoms with van der Waals surface area (Å²) in [6.07, 6.45) is 0. The molecule has 0 bridgehead atoms. The molecule has 2 nitrogen and oxygen atoms in total. The lowest BCUT2D eigenvalue weighted by Crippen LogP contribution is -1.78. The monoisotopic (exact) mass is 292 g/mol. The smallest absolute Gasteiger partial charge is 0.104 e. The molecular formula is C8H6ClIN2. The Balaban J connectivity index is 2.96. The molecule has 0 saturated heterocycles. The number of nitrogens with one attached hydrogen (secondary N) is 1. The standard InChI is InChI=1S/C8H6ClIN2/c1-4-5(9)2-3-6-7(4)8(10)12-11-6/h2-3H,1H3,(H,11,12). The minimum atomic E-state index is 0.793. The molecule has 0 amide bonds. The van der Waals surface area contributed by atoms with Gasteiger partial charge in [-0.25, -0.2) is 0 Å². The van der Waals surface area contributed by atoms with Gasteiger partial charge in [-0.2, -0.15) is 5.10 Å². The summed E-state index contributed by atoms with van der Waals surface area (Å²) >= 11 is 8.19. The average molecular weight is 293 g/mol. The van der Waals surface area contributed by atoms with Crippen LogP contribution in [0.5, 0.6) is 0 Å². The van der Waals surface area contributed by atoms with Crippen LogP contribution in [0, 0.1) is 10.6 Å². The molecule has 0 unspecified atom stereocenters. The number of aromatic amines is 1. The van der Waals surface area contributed by atoms with E-state index in [0.717, 1.165) is 25.2 Å². The van der Waals surface area contributed by atoms with E-state index in [1.807, 2.05) is 19.1 Å². The number of hydrogen-bond acceptors (Lipinski definition) is 1. The van der Waals surface area contributed by atoms with Crippen molar-refractivity contribution in [1.29, 1.82) is 0 Å². The van der Waals surface area contributed by atoms with Crippen LogP contribution in [-0.4, -0.2) is 10.2 Å². The first-order valence-corrected chi connectivity index (χ1v) is 4.94. The van der Waals surface area contributed by atoms with Gasteiger partial charge in [0.15, 0.2) is 0 Å². The average Bonchev–Trinajstić information content (AvgIpc) is 2.41. The van der Waals surface area contributed by atoms with Crippen molar-refractivity contribution in [2.24, 2.45) is 0 Å². The fourth-order valence-electron chi connectivity index (χ4n) is 1.21. The molecular weight excluding hydrogens is 286 g/mol. The van der Waals surface area contributed by atoms with Crippen LogP contribution < -0.4 is 0 Å². The zero-order valence-corrected chi connectivity index (χ0v) is 9.27. The first-order valence-electron chi connectivity index (χ1n) is 3.49. The van der Waals surface area contributed by atoms with Gasteiger partial charge in [0.05, 0.1) is 5.52 Å². The lowest BCUT2D eigenvalue weighted by molar-refractivity contribution is 1.09. The van der Waals surface area contributed by atoms with Crippen LogP contribution in [0.25, 0.3) is 10.9 Å². The van der Waals surface area contributed by atoms with E-state index in [2.05, 4.69) is 32.8 Å². The van der Waals surface area contributed by atoms with Crippen molar-refractivity contribution in [1.82, 2.24) is 10.2 Å². The van der Waals surface area contributed by atoms with E-state index in [4.69, 9.17) is 11.6 Å². The van der Waals surface area contributed by atoms with Gasteiger partial charge in [0.25, 0.3) is 0 Å². The van der Waals surface area contributed by atoms with Gasteiger partial charge in [0, 0.05) is 10.4 Å². The largest absolute Gasteiger partial charge is 0.271 e. The molecule has 2 rings (SSSR count). The maximum atomic E-state index is 5.97. The second-order valence-electron chi connectivity index (χ2n) is 2.60. The molecule has 0 aliphatic heterocycles. The molecule has 62 valence electrons. The molecule has 0 aliphatic rings. The Morgan fingerprint density at radius 2 is 2.25 bits per heavy atom. The molecule has 0 saturated carbocycles. The minimum Gasteiger partial charge on any atom is -0.271 e. The van der Waals surface area contributed by atoms with E-state index in [0.29, 0.717) is 0 Å². The zero-order valence-electron chi connectivity index (χ0n) is 6.36. The summed E-state index contributed by atoms with van der Waals surface area (Å²) in [6, 6.07) is 3.79. The first kappa shape index (κ1) is 8.31. The third-order valence-corrected chi connectivity index (χ3v) is 3.06. The van der Waals surface area contributed by atoms with Crippen LogP contribution in [0.2, 0.25) is 5.02 Å². The van der Waals surface area contributed by atoms with Crippen LogP contribution in [-0.2, 0) is 0 Å². The van der Waals surface area contributed by atoms with Crippen molar-refractivity contribution >= 4 is 45.1 Å². The fraction of sp³-hybridized carbons (Fsp3) is 0.125. The SMILES string of the molecule is Cc1c(Cl)ccc2n[nH]c(I)c12. The van der Waals surface area contributed by atoms with E-state index in [9.17, 15) is 0 Å². The second-order valence-corrected chi connectivity index (χ2v) is 4.09. The minimum absolute atomic E-state index is 0.793. The van der Waals surface area contributed by atoms with E-state index in [-0.39, 0.29) is 0 Å². The Morgan fingerprint density at radius 3 is 3.00 bits per heavy atom. The molecule has 1 aromatic carbocycles. The Morgan fingerprint density at radius 1 is 1.50 bits per heavy atom. The Kier molecular flexibility index (Phi) is 2.00. The highest BCUT2D eigenvalue weighted by atomic mass is 127. The Bertz CT molecular complexity index is 436. The molecule has 12 heavy (non-hydrogen) atoms. The fourth-order valence-corrected chi connectivity index (χ4v) is 2.17. The van der Waals surface area contributed by atoms with Gasteiger partial charge >= 0.3 is 0 Å². The van der Waals surface area contributed by atoms with Gasteiger partial charge in [0.2, 0.25) is 0 Å². The summed E-state index contributed by atoms with van der Waals surface area (Å²) < 4.78 is 1.04.